The third kappa shape index (κ3) is 4.39. The summed E-state index contributed by atoms with van der Waals surface area (Å²) in [4.78, 5) is 13.9. The Labute approximate surface area is 132 Å². The van der Waals surface area contributed by atoms with E-state index in [1.165, 1.54) is 6.07 Å². The second-order valence-electron chi connectivity index (χ2n) is 4.91. The van der Waals surface area contributed by atoms with Crippen molar-refractivity contribution in [2.45, 2.75) is 12.8 Å². The van der Waals surface area contributed by atoms with Crippen LogP contribution < -0.4 is 4.90 Å². The van der Waals surface area contributed by atoms with Crippen LogP contribution in [0.3, 0.4) is 0 Å². The summed E-state index contributed by atoms with van der Waals surface area (Å²) in [6.07, 6.45) is 1.15. The Morgan fingerprint density at radius 2 is 1.81 bits per heavy atom. The minimum atomic E-state index is -0.237. The maximum Gasteiger partial charge on any atom is 0.162 e. The number of carbonyl (C=O) groups is 1. The molecule has 0 bridgehead atoms. The molecule has 110 valence electrons. The molecule has 4 heteroatoms. The van der Waals surface area contributed by atoms with Gasteiger partial charge in [0.15, 0.2) is 5.78 Å². The zero-order valence-corrected chi connectivity index (χ0v) is 13.4. The Morgan fingerprint density at radius 3 is 2.48 bits per heavy atom. The summed E-state index contributed by atoms with van der Waals surface area (Å²) < 4.78 is 14.6. The third-order valence-electron chi connectivity index (χ3n) is 3.33. The van der Waals surface area contributed by atoms with Gasteiger partial charge >= 0.3 is 0 Å². The molecule has 2 nitrogen and oxygen atoms in total. The lowest BCUT2D eigenvalue weighted by Gasteiger charge is -2.19. The van der Waals surface area contributed by atoms with Gasteiger partial charge in [-0.25, -0.2) is 4.39 Å². The van der Waals surface area contributed by atoms with Gasteiger partial charge in [-0.05, 0) is 30.7 Å². The second-order valence-corrected chi connectivity index (χ2v) is 5.82. The molecule has 0 aromatic heterocycles. The van der Waals surface area contributed by atoms with Crippen molar-refractivity contribution in [1.82, 2.24) is 0 Å². The standard InChI is InChI=1S/C17H17BrFNO/c1-20(16-6-3-2-5-15(16)19)12-4-7-17(21)13-8-10-14(18)11-9-13/h2-3,5-6,8-11H,4,7,12H2,1H3. The normalized spacial score (nSPS) is 10.4. The Hall–Kier alpha value is -1.68. The molecule has 0 N–H and O–H groups in total. The minimum absolute atomic E-state index is 0.115. The zero-order chi connectivity index (χ0) is 15.2. The van der Waals surface area contributed by atoms with Crippen molar-refractivity contribution < 1.29 is 9.18 Å². The predicted molar refractivity (Wildman–Crippen MR) is 87.4 cm³/mol. The van der Waals surface area contributed by atoms with Crippen molar-refractivity contribution >= 4 is 27.4 Å². The number of para-hydroxylation sites is 1. The van der Waals surface area contributed by atoms with Crippen LogP contribution in [0.2, 0.25) is 0 Å². The zero-order valence-electron chi connectivity index (χ0n) is 11.9. The van der Waals surface area contributed by atoms with Crippen molar-refractivity contribution in [1.29, 1.82) is 0 Å². The molecule has 2 aromatic rings. The van der Waals surface area contributed by atoms with E-state index in [1.807, 2.05) is 42.3 Å². The fourth-order valence-electron chi connectivity index (χ4n) is 2.14. The van der Waals surface area contributed by atoms with E-state index in [0.29, 0.717) is 30.6 Å². The number of Topliss-reactive ketones (excluding diaryl/α,β-unsaturated/α-hetero) is 1. The summed E-state index contributed by atoms with van der Waals surface area (Å²) in [5.41, 5.74) is 1.28. The Balaban J connectivity index is 1.85. The summed E-state index contributed by atoms with van der Waals surface area (Å²) in [5.74, 6) is -0.122. The first-order valence-corrected chi connectivity index (χ1v) is 7.61. The van der Waals surface area contributed by atoms with Crippen LogP contribution in [0.1, 0.15) is 23.2 Å². The van der Waals surface area contributed by atoms with Gasteiger partial charge < -0.3 is 4.90 Å². The van der Waals surface area contributed by atoms with Crippen LogP contribution >= 0.6 is 15.9 Å². The number of rotatable bonds is 6. The van der Waals surface area contributed by atoms with Crippen molar-refractivity contribution in [2.24, 2.45) is 0 Å². The van der Waals surface area contributed by atoms with Crippen LogP contribution in [0, 0.1) is 5.82 Å². The quantitative estimate of drug-likeness (QED) is 0.705. The number of carbonyl (C=O) groups excluding carboxylic acids is 1. The SMILES string of the molecule is CN(CCCC(=O)c1ccc(Br)cc1)c1ccccc1F. The van der Waals surface area contributed by atoms with Gasteiger partial charge in [0.05, 0.1) is 5.69 Å². The van der Waals surface area contributed by atoms with Crippen LogP contribution in [-0.4, -0.2) is 19.4 Å². The van der Waals surface area contributed by atoms with Gasteiger partial charge in [-0.15, -0.1) is 0 Å². The number of hydrogen-bond donors (Lipinski definition) is 0. The van der Waals surface area contributed by atoms with Crippen molar-refractivity contribution in [3.05, 3.63) is 64.4 Å². The molecule has 0 fully saturated rings. The molecule has 0 aliphatic rings. The topological polar surface area (TPSA) is 20.3 Å². The lowest BCUT2D eigenvalue weighted by molar-refractivity contribution is 0.0981. The van der Waals surface area contributed by atoms with Gasteiger partial charge in [-0.3, -0.25) is 4.79 Å². The first-order valence-electron chi connectivity index (χ1n) is 6.82. The summed E-state index contributed by atoms with van der Waals surface area (Å²) in [6, 6.07) is 14.0. The molecule has 0 saturated carbocycles. The number of benzene rings is 2. The highest BCUT2D eigenvalue weighted by atomic mass is 79.9. The summed E-state index contributed by atoms with van der Waals surface area (Å²) in [6.45, 7) is 0.642. The maximum atomic E-state index is 13.6. The lowest BCUT2D eigenvalue weighted by atomic mass is 10.1. The molecule has 2 aromatic carbocycles. The summed E-state index contributed by atoms with van der Waals surface area (Å²) >= 11 is 3.35. The Bertz CT molecular complexity index is 612. The molecule has 0 aliphatic heterocycles. The highest BCUT2D eigenvalue weighted by Gasteiger charge is 2.09. The molecular weight excluding hydrogens is 333 g/mol. The largest absolute Gasteiger partial charge is 0.372 e. The maximum absolute atomic E-state index is 13.6. The second kappa shape index (κ2) is 7.36. The molecule has 0 atom stereocenters. The first kappa shape index (κ1) is 15.7. The van der Waals surface area contributed by atoms with Crippen LogP contribution in [0.15, 0.2) is 53.0 Å². The number of anilines is 1. The van der Waals surface area contributed by atoms with Gasteiger partial charge in [-0.1, -0.05) is 40.2 Å². The molecule has 0 radical (unpaired) electrons. The molecule has 0 heterocycles. The van der Waals surface area contributed by atoms with E-state index in [9.17, 15) is 9.18 Å². The number of ketones is 1. The fourth-order valence-corrected chi connectivity index (χ4v) is 2.40. The van der Waals surface area contributed by atoms with Gasteiger partial charge in [0.1, 0.15) is 5.82 Å². The molecule has 0 saturated heterocycles. The molecule has 0 unspecified atom stereocenters. The van der Waals surface area contributed by atoms with Gasteiger partial charge in [0.25, 0.3) is 0 Å². The van der Waals surface area contributed by atoms with Gasteiger partial charge in [0.2, 0.25) is 0 Å². The van der Waals surface area contributed by atoms with E-state index in [2.05, 4.69) is 15.9 Å². The minimum Gasteiger partial charge on any atom is -0.372 e. The number of hydrogen-bond acceptors (Lipinski definition) is 2. The van der Waals surface area contributed by atoms with E-state index in [4.69, 9.17) is 0 Å². The van der Waals surface area contributed by atoms with E-state index in [-0.39, 0.29) is 11.6 Å². The molecule has 0 aliphatic carbocycles. The van der Waals surface area contributed by atoms with Crippen molar-refractivity contribution in [3.63, 3.8) is 0 Å². The third-order valence-corrected chi connectivity index (χ3v) is 3.86. The molecule has 0 spiro atoms. The van der Waals surface area contributed by atoms with Crippen molar-refractivity contribution in [3.8, 4) is 0 Å². The predicted octanol–water partition coefficient (Wildman–Crippen LogP) is 4.69. The van der Waals surface area contributed by atoms with Crippen LogP contribution in [0.5, 0.6) is 0 Å². The smallest absolute Gasteiger partial charge is 0.162 e. The number of halogens is 2. The van der Waals surface area contributed by atoms with E-state index in [1.54, 1.807) is 12.1 Å². The molecule has 2 rings (SSSR count). The van der Waals surface area contributed by atoms with Gasteiger partial charge in [0, 0.05) is 30.0 Å². The fraction of sp³-hybridized carbons (Fsp3) is 0.235. The monoisotopic (exact) mass is 349 g/mol. The van der Waals surface area contributed by atoms with E-state index >= 15 is 0 Å². The summed E-state index contributed by atoms with van der Waals surface area (Å²) in [7, 11) is 1.84. The molecule has 0 amide bonds. The van der Waals surface area contributed by atoms with E-state index < -0.39 is 0 Å². The Kier molecular flexibility index (Phi) is 5.51. The Morgan fingerprint density at radius 1 is 1.14 bits per heavy atom. The van der Waals surface area contributed by atoms with Crippen molar-refractivity contribution in [2.75, 3.05) is 18.5 Å². The average Bonchev–Trinajstić information content (AvgIpc) is 2.48. The van der Waals surface area contributed by atoms with Gasteiger partial charge in [-0.2, -0.15) is 0 Å². The first-order chi connectivity index (χ1) is 10.1. The lowest BCUT2D eigenvalue weighted by Crippen LogP contribution is -2.20. The molecule has 21 heavy (non-hydrogen) atoms. The number of nitrogens with zero attached hydrogens (tertiary/aromatic N) is 1. The van der Waals surface area contributed by atoms with Crippen LogP contribution in [0.25, 0.3) is 0 Å². The highest BCUT2D eigenvalue weighted by molar-refractivity contribution is 9.10. The van der Waals surface area contributed by atoms with E-state index in [0.717, 1.165) is 4.47 Å². The van der Waals surface area contributed by atoms with Crippen LogP contribution in [-0.2, 0) is 0 Å². The molecular formula is C17H17BrFNO. The van der Waals surface area contributed by atoms with Crippen LogP contribution in [0.4, 0.5) is 10.1 Å². The average molecular weight is 350 g/mol. The highest BCUT2D eigenvalue weighted by Crippen LogP contribution is 2.18. The summed E-state index contributed by atoms with van der Waals surface area (Å²) in [5, 5.41) is 0.